The summed E-state index contributed by atoms with van der Waals surface area (Å²) in [6, 6.07) is 1.70. The van der Waals surface area contributed by atoms with Crippen LogP contribution in [-0.2, 0) is 27.4 Å². The van der Waals surface area contributed by atoms with Gasteiger partial charge in [-0.05, 0) is 44.2 Å². The summed E-state index contributed by atoms with van der Waals surface area (Å²) in [6.45, 7) is 3.73. The van der Waals surface area contributed by atoms with Crippen LogP contribution in [0.2, 0.25) is 0 Å². The Hall–Kier alpha value is -3.41. The predicted octanol–water partition coefficient (Wildman–Crippen LogP) is 1.05. The number of hydrogen-bond acceptors (Lipinski definition) is 10. The quantitative estimate of drug-likeness (QED) is 0.173. The van der Waals surface area contributed by atoms with Gasteiger partial charge in [0.05, 0.1) is 11.7 Å². The van der Waals surface area contributed by atoms with Crippen LogP contribution >= 0.6 is 0 Å². The van der Waals surface area contributed by atoms with Crippen molar-refractivity contribution in [2.75, 3.05) is 12.4 Å². The van der Waals surface area contributed by atoms with Crippen LogP contribution in [0.25, 0.3) is 0 Å². The summed E-state index contributed by atoms with van der Waals surface area (Å²) in [5, 5.41) is 46.7. The molecule has 0 bridgehead atoms. The van der Waals surface area contributed by atoms with Gasteiger partial charge < -0.3 is 31.5 Å². The van der Waals surface area contributed by atoms with Gasteiger partial charge in [-0.15, -0.1) is 0 Å². The van der Waals surface area contributed by atoms with Crippen molar-refractivity contribution in [3.63, 3.8) is 0 Å². The third-order valence-electron chi connectivity index (χ3n) is 6.99. The number of Topliss-reactive ketones (excluding diaryl/α,β-unsaturated/α-hetero) is 2. The summed E-state index contributed by atoms with van der Waals surface area (Å²) in [4.78, 5) is 43.7. The highest BCUT2D eigenvalue weighted by Crippen LogP contribution is 2.52. The molecule has 8 N–H and O–H groups in total. The minimum absolute atomic E-state index is 0.0465. The number of benzene rings is 1. The highest BCUT2D eigenvalue weighted by atomic mass is 16.7. The van der Waals surface area contributed by atoms with E-state index in [0.717, 1.165) is 0 Å². The zero-order valence-electron chi connectivity index (χ0n) is 19.6. The number of carbonyl (C=O) groups excluding carboxylic acids is 3. The third kappa shape index (κ3) is 3.67. The number of hydrogen-bond donors (Lipinski definition) is 7. The molecule has 1 amide bonds. The Morgan fingerprint density at radius 2 is 1.94 bits per heavy atom. The van der Waals surface area contributed by atoms with E-state index < -0.39 is 52.0 Å². The van der Waals surface area contributed by atoms with E-state index in [1.54, 1.807) is 13.1 Å². The van der Waals surface area contributed by atoms with Gasteiger partial charge in [-0.25, -0.2) is 0 Å². The molecule has 11 heteroatoms. The van der Waals surface area contributed by atoms with Crippen LogP contribution in [0.1, 0.15) is 48.2 Å². The van der Waals surface area contributed by atoms with Crippen LogP contribution in [0.5, 0.6) is 5.75 Å². The lowest BCUT2D eigenvalue weighted by molar-refractivity contribution is -0.144. The molecular weight excluding hydrogens is 458 g/mol. The lowest BCUT2D eigenvalue weighted by Crippen LogP contribution is -2.57. The van der Waals surface area contributed by atoms with Gasteiger partial charge >= 0.3 is 0 Å². The fourth-order valence-corrected chi connectivity index (χ4v) is 5.39. The molecule has 0 aromatic heterocycles. The molecule has 0 aliphatic heterocycles. The van der Waals surface area contributed by atoms with Crippen molar-refractivity contribution in [3.05, 3.63) is 45.4 Å². The van der Waals surface area contributed by atoms with Crippen LogP contribution in [0.4, 0.5) is 5.69 Å². The van der Waals surface area contributed by atoms with E-state index in [-0.39, 0.29) is 48.8 Å². The van der Waals surface area contributed by atoms with Gasteiger partial charge in [-0.2, -0.15) is 5.48 Å². The molecule has 0 spiro atoms. The Labute approximate surface area is 201 Å². The number of allylic oxidation sites excluding steroid dienone is 2. The maximum absolute atomic E-state index is 13.7. The van der Waals surface area contributed by atoms with Crippen molar-refractivity contribution in [3.8, 4) is 5.75 Å². The first-order chi connectivity index (χ1) is 16.4. The molecule has 4 rings (SSSR count). The van der Waals surface area contributed by atoms with Crippen LogP contribution in [0.15, 0.2) is 28.7 Å². The van der Waals surface area contributed by atoms with Crippen molar-refractivity contribution in [2.24, 2.45) is 17.6 Å². The molecule has 0 saturated heterocycles. The molecule has 35 heavy (non-hydrogen) atoms. The molecular formula is C24H29N3O8. The largest absolute Gasteiger partial charge is 0.511 e. The first-order valence-corrected chi connectivity index (χ1v) is 11.3. The van der Waals surface area contributed by atoms with Crippen LogP contribution in [0, 0.1) is 11.8 Å². The summed E-state index contributed by atoms with van der Waals surface area (Å²) in [7, 11) is 1.68. The summed E-state index contributed by atoms with van der Waals surface area (Å²) in [6.07, 6.45) is -0.0714. The number of fused-ring (bicyclic) bond motifs is 3. The Morgan fingerprint density at radius 3 is 2.54 bits per heavy atom. The van der Waals surface area contributed by atoms with Gasteiger partial charge in [-0.3, -0.25) is 19.2 Å². The van der Waals surface area contributed by atoms with Gasteiger partial charge in [0.25, 0.3) is 5.91 Å². The third-order valence-corrected chi connectivity index (χ3v) is 6.99. The standard InChI is InChI=1S/C24H29N3O8/c1-9(2)35-27-8-11-6-14(26-3)13-5-10-4-12-7-15(28)18(23(25)33)22(32)24(12,34)21(31)16(10)20(30)17(13)19(11)29/h6,9-10,12,26-29,31,34H,4-5,7-8H2,1-3H3,(H2,25,33)/t10?,12?,24-/m0/s1. The van der Waals surface area contributed by atoms with E-state index in [9.17, 15) is 34.8 Å². The number of amides is 1. The Morgan fingerprint density at radius 1 is 1.26 bits per heavy atom. The molecule has 188 valence electrons. The van der Waals surface area contributed by atoms with E-state index in [4.69, 9.17) is 10.6 Å². The van der Waals surface area contributed by atoms with Gasteiger partial charge in [0.2, 0.25) is 5.78 Å². The molecule has 0 heterocycles. The SMILES string of the molecule is CNc1cc(CNOC(C)C)c(O)c2c1CC1CC3CC(O)=C(C(N)=O)C(=O)[C@@]3(O)C(O)=C1C2=O. The molecule has 3 aliphatic carbocycles. The molecule has 1 aromatic rings. The number of hydroxylamine groups is 1. The van der Waals surface area contributed by atoms with E-state index >= 15 is 0 Å². The number of primary amides is 1. The predicted molar refractivity (Wildman–Crippen MR) is 123 cm³/mol. The van der Waals surface area contributed by atoms with Crippen molar-refractivity contribution in [1.29, 1.82) is 0 Å². The van der Waals surface area contributed by atoms with Crippen LogP contribution < -0.4 is 16.5 Å². The lowest BCUT2D eigenvalue weighted by atomic mass is 9.60. The first kappa shape index (κ1) is 24.7. The molecule has 0 radical (unpaired) electrons. The average Bonchev–Trinajstić information content (AvgIpc) is 2.77. The monoisotopic (exact) mass is 487 g/mol. The molecule has 3 atom stereocenters. The summed E-state index contributed by atoms with van der Waals surface area (Å²) < 4.78 is 0. The number of nitrogens with two attached hydrogens (primary N) is 1. The molecule has 11 nitrogen and oxygen atoms in total. The Balaban J connectivity index is 1.83. The van der Waals surface area contributed by atoms with E-state index in [1.165, 1.54) is 0 Å². The zero-order chi connectivity index (χ0) is 25.8. The first-order valence-electron chi connectivity index (χ1n) is 11.3. The van der Waals surface area contributed by atoms with Crippen molar-refractivity contribution < 1.29 is 39.6 Å². The summed E-state index contributed by atoms with van der Waals surface area (Å²) in [5.41, 5.74) is 5.83. The topological polar surface area (TPSA) is 191 Å². The van der Waals surface area contributed by atoms with Crippen LogP contribution in [0.3, 0.4) is 0 Å². The summed E-state index contributed by atoms with van der Waals surface area (Å²) >= 11 is 0. The minimum Gasteiger partial charge on any atom is -0.511 e. The van der Waals surface area contributed by atoms with Crippen molar-refractivity contribution >= 4 is 23.2 Å². The number of aliphatic hydroxyl groups is 3. The number of ketones is 2. The highest BCUT2D eigenvalue weighted by Gasteiger charge is 2.59. The second-order valence-electron chi connectivity index (χ2n) is 9.43. The molecule has 1 aromatic carbocycles. The van der Waals surface area contributed by atoms with Crippen molar-refractivity contribution in [2.45, 2.75) is 51.4 Å². The maximum atomic E-state index is 13.7. The second kappa shape index (κ2) is 8.67. The Bertz CT molecular complexity index is 1200. The molecule has 0 saturated carbocycles. The zero-order valence-corrected chi connectivity index (χ0v) is 19.6. The van der Waals surface area contributed by atoms with Gasteiger partial charge in [0, 0.05) is 42.8 Å². The number of phenolic OH excluding ortho intramolecular Hbond substituents is 1. The average molecular weight is 488 g/mol. The van der Waals surface area contributed by atoms with E-state index in [1.807, 2.05) is 13.8 Å². The lowest BCUT2D eigenvalue weighted by Gasteiger charge is -2.45. The number of aromatic hydroxyl groups is 1. The number of phenols is 1. The van der Waals surface area contributed by atoms with E-state index in [2.05, 4.69) is 10.8 Å². The van der Waals surface area contributed by atoms with Gasteiger partial charge in [0.15, 0.2) is 11.4 Å². The molecule has 2 unspecified atom stereocenters. The van der Waals surface area contributed by atoms with Gasteiger partial charge in [0.1, 0.15) is 22.8 Å². The number of rotatable bonds is 6. The maximum Gasteiger partial charge on any atom is 0.255 e. The number of anilines is 1. The van der Waals surface area contributed by atoms with Crippen LogP contribution in [-0.4, -0.2) is 56.7 Å². The normalized spacial score (nSPS) is 26.0. The smallest absolute Gasteiger partial charge is 0.255 e. The fraction of sp³-hybridized carbons (Fsp3) is 0.458. The second-order valence-corrected chi connectivity index (χ2v) is 9.43. The van der Waals surface area contributed by atoms with E-state index in [0.29, 0.717) is 16.8 Å². The number of carbonyl (C=O) groups is 3. The minimum atomic E-state index is -2.58. The number of nitrogens with one attached hydrogen (secondary N) is 2. The van der Waals surface area contributed by atoms with Crippen molar-refractivity contribution in [1.82, 2.24) is 5.48 Å². The molecule has 3 aliphatic rings. The fourth-order valence-electron chi connectivity index (χ4n) is 5.39. The Kier molecular flexibility index (Phi) is 6.12. The molecule has 0 fully saturated rings. The van der Waals surface area contributed by atoms with Gasteiger partial charge in [-0.1, -0.05) is 0 Å². The number of aliphatic hydroxyl groups excluding tert-OH is 2. The summed E-state index contributed by atoms with van der Waals surface area (Å²) in [5.74, 6) is -6.50. The highest BCUT2D eigenvalue weighted by molar-refractivity contribution is 6.24.